The summed E-state index contributed by atoms with van der Waals surface area (Å²) in [6, 6.07) is 5.42. The predicted octanol–water partition coefficient (Wildman–Crippen LogP) is 2.08. The Morgan fingerprint density at radius 3 is 2.70 bits per heavy atom. The summed E-state index contributed by atoms with van der Waals surface area (Å²) in [4.78, 5) is 14.8. The molecule has 3 rings (SSSR count). The third-order valence-electron chi connectivity index (χ3n) is 3.99. The average Bonchev–Trinajstić information content (AvgIpc) is 2.92. The molecule has 0 atom stereocenters. The summed E-state index contributed by atoms with van der Waals surface area (Å²) >= 11 is 3.47. The highest BCUT2D eigenvalue weighted by Crippen LogP contribution is 2.31. The SMILES string of the molecule is CS(=O)(=O)N1CC=C(c2cc3c(Br)ccc(C(N)=O)c3[nH]2)CC1. The molecule has 1 aliphatic heterocycles. The van der Waals surface area contributed by atoms with E-state index in [2.05, 4.69) is 20.9 Å². The molecule has 23 heavy (non-hydrogen) atoms. The molecule has 2 aromatic rings. The van der Waals surface area contributed by atoms with Gasteiger partial charge in [-0.3, -0.25) is 4.79 Å². The summed E-state index contributed by atoms with van der Waals surface area (Å²) in [6.07, 6.45) is 3.72. The lowest BCUT2D eigenvalue weighted by molar-refractivity contribution is 0.100. The Hall–Kier alpha value is -1.64. The third-order valence-corrected chi connectivity index (χ3v) is 5.95. The predicted molar refractivity (Wildman–Crippen MR) is 93.5 cm³/mol. The normalized spacial score (nSPS) is 16.5. The van der Waals surface area contributed by atoms with E-state index < -0.39 is 15.9 Å². The summed E-state index contributed by atoms with van der Waals surface area (Å²) in [7, 11) is -3.17. The zero-order valence-corrected chi connectivity index (χ0v) is 14.9. The molecule has 6 nitrogen and oxygen atoms in total. The second kappa shape index (κ2) is 5.77. The lowest BCUT2D eigenvalue weighted by Crippen LogP contribution is -2.33. The number of aromatic nitrogens is 1. The highest BCUT2D eigenvalue weighted by Gasteiger charge is 2.21. The number of aromatic amines is 1. The van der Waals surface area contributed by atoms with Gasteiger partial charge in [-0.25, -0.2) is 8.42 Å². The fourth-order valence-corrected chi connectivity index (χ4v) is 3.97. The monoisotopic (exact) mass is 397 g/mol. The van der Waals surface area contributed by atoms with Crippen LogP contribution in [-0.4, -0.2) is 43.0 Å². The van der Waals surface area contributed by atoms with E-state index in [1.807, 2.05) is 12.1 Å². The molecule has 122 valence electrons. The van der Waals surface area contributed by atoms with E-state index >= 15 is 0 Å². The topological polar surface area (TPSA) is 96.3 Å². The quantitative estimate of drug-likeness (QED) is 0.829. The van der Waals surface area contributed by atoms with Gasteiger partial charge in [0.1, 0.15) is 0 Å². The molecule has 1 amide bonds. The summed E-state index contributed by atoms with van der Waals surface area (Å²) in [5.74, 6) is -0.489. The third kappa shape index (κ3) is 3.06. The Morgan fingerprint density at radius 1 is 1.39 bits per heavy atom. The van der Waals surface area contributed by atoms with Crippen LogP contribution in [0, 0.1) is 0 Å². The van der Waals surface area contributed by atoms with Gasteiger partial charge in [-0.1, -0.05) is 22.0 Å². The number of halogens is 1. The molecule has 1 aromatic carbocycles. The first-order valence-electron chi connectivity index (χ1n) is 7.03. The van der Waals surface area contributed by atoms with Crippen molar-refractivity contribution in [2.24, 2.45) is 5.73 Å². The molecule has 1 aliphatic rings. The first kappa shape index (κ1) is 16.2. The van der Waals surface area contributed by atoms with Gasteiger partial charge in [0, 0.05) is 28.6 Å². The number of hydrogen-bond donors (Lipinski definition) is 2. The number of sulfonamides is 1. The van der Waals surface area contributed by atoms with Gasteiger partial charge in [0.05, 0.1) is 17.3 Å². The number of rotatable bonds is 3. The Labute approximate surface area is 142 Å². The van der Waals surface area contributed by atoms with Crippen LogP contribution in [-0.2, 0) is 10.0 Å². The van der Waals surface area contributed by atoms with Crippen LogP contribution in [0.15, 0.2) is 28.7 Å². The number of nitrogens with one attached hydrogen (secondary N) is 1. The van der Waals surface area contributed by atoms with Crippen LogP contribution in [0.2, 0.25) is 0 Å². The first-order valence-corrected chi connectivity index (χ1v) is 9.67. The van der Waals surface area contributed by atoms with Crippen molar-refractivity contribution < 1.29 is 13.2 Å². The van der Waals surface area contributed by atoms with Crippen LogP contribution in [0.3, 0.4) is 0 Å². The number of H-pyrrole nitrogens is 1. The van der Waals surface area contributed by atoms with Crippen molar-refractivity contribution in [3.05, 3.63) is 40.0 Å². The molecule has 0 aliphatic carbocycles. The van der Waals surface area contributed by atoms with E-state index in [-0.39, 0.29) is 0 Å². The summed E-state index contributed by atoms with van der Waals surface area (Å²) in [5, 5.41) is 0.878. The maximum atomic E-state index is 11.6. The zero-order valence-electron chi connectivity index (χ0n) is 12.5. The number of amides is 1. The van der Waals surface area contributed by atoms with Gasteiger partial charge in [0.15, 0.2) is 0 Å². The highest BCUT2D eigenvalue weighted by molar-refractivity contribution is 9.10. The van der Waals surface area contributed by atoms with E-state index in [1.165, 1.54) is 10.6 Å². The smallest absolute Gasteiger partial charge is 0.250 e. The molecule has 1 aromatic heterocycles. The van der Waals surface area contributed by atoms with Crippen molar-refractivity contribution in [2.45, 2.75) is 6.42 Å². The van der Waals surface area contributed by atoms with Crippen molar-refractivity contribution in [2.75, 3.05) is 19.3 Å². The number of nitrogens with two attached hydrogens (primary N) is 1. The summed E-state index contributed by atoms with van der Waals surface area (Å²) in [6.45, 7) is 0.803. The van der Waals surface area contributed by atoms with Gasteiger partial charge < -0.3 is 10.7 Å². The number of nitrogens with zero attached hydrogens (tertiary/aromatic N) is 1. The van der Waals surface area contributed by atoms with E-state index in [4.69, 9.17) is 5.73 Å². The van der Waals surface area contributed by atoms with Crippen LogP contribution in [0.1, 0.15) is 22.5 Å². The molecular weight excluding hydrogens is 382 g/mol. The zero-order chi connectivity index (χ0) is 16.8. The molecule has 2 heterocycles. The van der Waals surface area contributed by atoms with Crippen molar-refractivity contribution in [3.8, 4) is 0 Å². The van der Waals surface area contributed by atoms with Crippen LogP contribution >= 0.6 is 15.9 Å². The second-order valence-corrected chi connectivity index (χ2v) is 8.37. The average molecular weight is 398 g/mol. The number of benzene rings is 1. The van der Waals surface area contributed by atoms with Gasteiger partial charge in [0.2, 0.25) is 10.0 Å². The number of hydrogen-bond acceptors (Lipinski definition) is 3. The molecule has 0 unspecified atom stereocenters. The summed E-state index contributed by atoms with van der Waals surface area (Å²) in [5.41, 5.74) is 8.45. The van der Waals surface area contributed by atoms with Crippen molar-refractivity contribution >= 4 is 48.3 Å². The van der Waals surface area contributed by atoms with Gasteiger partial charge in [-0.2, -0.15) is 4.31 Å². The minimum atomic E-state index is -3.17. The largest absolute Gasteiger partial charge is 0.366 e. The number of primary amides is 1. The lowest BCUT2D eigenvalue weighted by Gasteiger charge is -2.23. The van der Waals surface area contributed by atoms with Crippen LogP contribution < -0.4 is 5.73 Å². The minimum absolute atomic E-state index is 0.355. The van der Waals surface area contributed by atoms with Crippen LogP contribution in [0.25, 0.3) is 16.5 Å². The molecule has 0 saturated heterocycles. The van der Waals surface area contributed by atoms with Crippen LogP contribution in [0.5, 0.6) is 0 Å². The standard InChI is InChI=1S/C15H16BrN3O3S/c1-23(21,22)19-6-4-9(5-7-19)13-8-11-12(16)3-2-10(15(17)20)14(11)18-13/h2-4,8,18H,5-7H2,1H3,(H2,17,20). The molecule has 0 spiro atoms. The van der Waals surface area contributed by atoms with Crippen molar-refractivity contribution in [3.63, 3.8) is 0 Å². The van der Waals surface area contributed by atoms with E-state index in [0.29, 0.717) is 30.6 Å². The Balaban J connectivity index is 2.02. The van der Waals surface area contributed by atoms with E-state index in [9.17, 15) is 13.2 Å². The van der Waals surface area contributed by atoms with Crippen LogP contribution in [0.4, 0.5) is 0 Å². The number of carbonyl (C=O) groups is 1. The molecule has 3 N–H and O–H groups in total. The van der Waals surface area contributed by atoms with Gasteiger partial charge >= 0.3 is 0 Å². The highest BCUT2D eigenvalue weighted by atomic mass is 79.9. The van der Waals surface area contributed by atoms with E-state index in [0.717, 1.165) is 21.1 Å². The molecular formula is C15H16BrN3O3S. The number of fused-ring (bicyclic) bond motifs is 1. The van der Waals surface area contributed by atoms with Gasteiger partial charge in [0.25, 0.3) is 5.91 Å². The summed E-state index contributed by atoms with van der Waals surface area (Å²) < 4.78 is 25.4. The Morgan fingerprint density at radius 2 is 2.13 bits per heavy atom. The van der Waals surface area contributed by atoms with Crippen molar-refractivity contribution in [1.82, 2.24) is 9.29 Å². The molecule has 0 bridgehead atoms. The Kier molecular flexibility index (Phi) is 4.07. The molecule has 0 radical (unpaired) electrons. The fourth-order valence-electron chi connectivity index (χ4n) is 2.76. The Bertz CT molecular complexity index is 931. The molecule has 0 fully saturated rings. The first-order chi connectivity index (χ1) is 10.8. The van der Waals surface area contributed by atoms with Gasteiger partial charge in [-0.15, -0.1) is 0 Å². The minimum Gasteiger partial charge on any atom is -0.366 e. The molecule has 8 heteroatoms. The molecule has 0 saturated carbocycles. The number of carbonyl (C=O) groups excluding carboxylic acids is 1. The van der Waals surface area contributed by atoms with Crippen molar-refractivity contribution in [1.29, 1.82) is 0 Å². The van der Waals surface area contributed by atoms with E-state index in [1.54, 1.807) is 12.1 Å². The maximum absolute atomic E-state index is 11.6. The second-order valence-electron chi connectivity index (χ2n) is 5.53. The lowest BCUT2D eigenvalue weighted by atomic mass is 10.1. The fraction of sp³-hybridized carbons (Fsp3) is 0.267. The maximum Gasteiger partial charge on any atom is 0.250 e. The van der Waals surface area contributed by atoms with Gasteiger partial charge in [-0.05, 0) is 30.2 Å².